The van der Waals surface area contributed by atoms with Gasteiger partial charge in [-0.1, -0.05) is 124 Å². The van der Waals surface area contributed by atoms with E-state index in [9.17, 15) is 4.79 Å². The molecule has 0 spiro atoms. The van der Waals surface area contributed by atoms with Crippen LogP contribution in [0.2, 0.25) is 0 Å². The third kappa shape index (κ3) is 20.2. The summed E-state index contributed by atoms with van der Waals surface area (Å²) in [4.78, 5) is 11.6. The normalized spacial score (nSPS) is 12.2. The van der Waals surface area contributed by atoms with E-state index in [0.29, 0.717) is 6.42 Å². The Morgan fingerprint density at radius 2 is 0.964 bits per heavy atom. The molecule has 0 aliphatic carbocycles. The fraction of sp³-hybridized carbons (Fsp3) is 0.962. The number of carbonyl (C=O) groups excluding carboxylic acids is 1. The maximum atomic E-state index is 11.6. The van der Waals surface area contributed by atoms with Gasteiger partial charge in [-0.25, -0.2) is 0 Å². The molecule has 2 heteroatoms. The zero-order chi connectivity index (χ0) is 20.7. The van der Waals surface area contributed by atoms with Crippen LogP contribution in [0.5, 0.6) is 0 Å². The van der Waals surface area contributed by atoms with Crippen LogP contribution in [0.15, 0.2) is 0 Å². The standard InChI is InChI=1S/C26H52O2/c1-4-7-8-9-10-11-12-13-14-15-16-17-18-19-20-21-22-24-25(6-3)28-26(27)23-5-2/h25H,4-24H2,1-3H3. The van der Waals surface area contributed by atoms with Crippen molar-refractivity contribution in [3.8, 4) is 0 Å². The van der Waals surface area contributed by atoms with Crippen molar-refractivity contribution in [3.05, 3.63) is 0 Å². The molecule has 168 valence electrons. The Bertz CT molecular complexity index is 314. The van der Waals surface area contributed by atoms with Crippen LogP contribution in [0.1, 0.15) is 156 Å². The fourth-order valence-electron chi connectivity index (χ4n) is 3.89. The largest absolute Gasteiger partial charge is 0.462 e. The lowest BCUT2D eigenvalue weighted by Gasteiger charge is -2.15. The molecule has 0 aromatic heterocycles. The summed E-state index contributed by atoms with van der Waals surface area (Å²) in [7, 11) is 0. The zero-order valence-corrected chi connectivity index (χ0v) is 19.7. The monoisotopic (exact) mass is 396 g/mol. The molecule has 0 saturated carbocycles. The van der Waals surface area contributed by atoms with Crippen LogP contribution in [0.4, 0.5) is 0 Å². The maximum absolute atomic E-state index is 11.6. The van der Waals surface area contributed by atoms with Crippen LogP contribution in [-0.2, 0) is 9.53 Å². The molecule has 0 radical (unpaired) electrons. The number of unbranched alkanes of at least 4 members (excludes halogenated alkanes) is 16. The molecule has 1 atom stereocenters. The van der Waals surface area contributed by atoms with Gasteiger partial charge >= 0.3 is 5.97 Å². The van der Waals surface area contributed by atoms with Crippen LogP contribution < -0.4 is 0 Å². The van der Waals surface area contributed by atoms with Gasteiger partial charge in [-0.2, -0.15) is 0 Å². The van der Waals surface area contributed by atoms with Crippen LogP contribution in [0.25, 0.3) is 0 Å². The number of hydrogen-bond acceptors (Lipinski definition) is 2. The van der Waals surface area contributed by atoms with Crippen molar-refractivity contribution in [1.29, 1.82) is 0 Å². The van der Waals surface area contributed by atoms with Crippen molar-refractivity contribution in [1.82, 2.24) is 0 Å². The van der Waals surface area contributed by atoms with Crippen molar-refractivity contribution in [2.24, 2.45) is 0 Å². The van der Waals surface area contributed by atoms with Crippen molar-refractivity contribution < 1.29 is 9.53 Å². The third-order valence-electron chi connectivity index (χ3n) is 5.84. The first kappa shape index (κ1) is 27.5. The molecule has 0 aromatic rings. The number of hydrogen-bond donors (Lipinski definition) is 0. The highest BCUT2D eigenvalue weighted by Crippen LogP contribution is 2.16. The van der Waals surface area contributed by atoms with Crippen LogP contribution in [0.3, 0.4) is 0 Å². The first-order valence-electron chi connectivity index (χ1n) is 12.9. The minimum Gasteiger partial charge on any atom is -0.462 e. The Labute approximate surface area is 177 Å². The van der Waals surface area contributed by atoms with Crippen molar-refractivity contribution in [3.63, 3.8) is 0 Å². The summed E-state index contributed by atoms with van der Waals surface area (Å²) >= 11 is 0. The van der Waals surface area contributed by atoms with Gasteiger partial charge in [-0.15, -0.1) is 0 Å². The topological polar surface area (TPSA) is 26.3 Å². The summed E-state index contributed by atoms with van der Waals surface area (Å²) in [6.07, 6.45) is 27.5. The summed E-state index contributed by atoms with van der Waals surface area (Å²) in [5, 5.41) is 0. The Hall–Kier alpha value is -0.530. The van der Waals surface area contributed by atoms with E-state index in [1.807, 2.05) is 6.92 Å². The van der Waals surface area contributed by atoms with E-state index in [-0.39, 0.29) is 12.1 Å². The van der Waals surface area contributed by atoms with E-state index in [1.54, 1.807) is 0 Å². The predicted molar refractivity (Wildman–Crippen MR) is 124 cm³/mol. The summed E-state index contributed by atoms with van der Waals surface area (Å²) < 4.78 is 5.53. The Balaban J connectivity index is 3.23. The first-order chi connectivity index (χ1) is 13.7. The fourth-order valence-corrected chi connectivity index (χ4v) is 3.89. The van der Waals surface area contributed by atoms with Crippen molar-refractivity contribution >= 4 is 5.97 Å². The van der Waals surface area contributed by atoms with Crippen LogP contribution in [0, 0.1) is 0 Å². The number of esters is 1. The van der Waals surface area contributed by atoms with Gasteiger partial charge in [-0.3, -0.25) is 4.79 Å². The molecule has 0 aliphatic rings. The lowest BCUT2D eigenvalue weighted by molar-refractivity contribution is -0.149. The molecule has 0 bridgehead atoms. The highest BCUT2D eigenvalue weighted by atomic mass is 16.5. The second-order valence-electron chi connectivity index (χ2n) is 8.72. The summed E-state index contributed by atoms with van der Waals surface area (Å²) in [6, 6.07) is 0. The maximum Gasteiger partial charge on any atom is 0.306 e. The molecule has 28 heavy (non-hydrogen) atoms. The summed E-state index contributed by atoms with van der Waals surface area (Å²) in [6.45, 7) is 6.44. The molecule has 0 rings (SSSR count). The molecule has 0 aromatic carbocycles. The van der Waals surface area contributed by atoms with E-state index in [4.69, 9.17) is 4.74 Å². The Morgan fingerprint density at radius 1 is 0.571 bits per heavy atom. The van der Waals surface area contributed by atoms with Gasteiger partial charge in [0.15, 0.2) is 0 Å². The number of ether oxygens (including phenoxy) is 1. The molecule has 0 N–H and O–H groups in total. The van der Waals surface area contributed by atoms with E-state index in [0.717, 1.165) is 19.3 Å². The number of carbonyl (C=O) groups is 1. The molecule has 0 heterocycles. The molecule has 0 aliphatic heterocycles. The third-order valence-corrected chi connectivity index (χ3v) is 5.84. The highest BCUT2D eigenvalue weighted by Gasteiger charge is 2.11. The molecule has 0 saturated heterocycles. The van der Waals surface area contributed by atoms with Crippen LogP contribution in [-0.4, -0.2) is 12.1 Å². The van der Waals surface area contributed by atoms with E-state index < -0.39 is 0 Å². The van der Waals surface area contributed by atoms with Gasteiger partial charge in [0.05, 0.1) is 0 Å². The Morgan fingerprint density at radius 3 is 1.32 bits per heavy atom. The van der Waals surface area contributed by atoms with E-state index in [2.05, 4.69) is 13.8 Å². The minimum atomic E-state index is -0.0127. The summed E-state index contributed by atoms with van der Waals surface area (Å²) in [5.74, 6) is -0.0127. The van der Waals surface area contributed by atoms with Gasteiger partial charge in [0.25, 0.3) is 0 Å². The average molecular weight is 397 g/mol. The minimum absolute atomic E-state index is 0.0127. The second kappa shape index (κ2) is 22.8. The lowest BCUT2D eigenvalue weighted by Crippen LogP contribution is -2.17. The summed E-state index contributed by atoms with van der Waals surface area (Å²) in [5.41, 5.74) is 0. The highest BCUT2D eigenvalue weighted by molar-refractivity contribution is 5.69. The van der Waals surface area contributed by atoms with Gasteiger partial charge in [0, 0.05) is 6.42 Å². The molecular formula is C26H52O2. The van der Waals surface area contributed by atoms with Gasteiger partial charge < -0.3 is 4.74 Å². The average Bonchev–Trinajstić information content (AvgIpc) is 2.69. The quantitative estimate of drug-likeness (QED) is 0.135. The van der Waals surface area contributed by atoms with E-state index >= 15 is 0 Å². The van der Waals surface area contributed by atoms with Gasteiger partial charge in [0.2, 0.25) is 0 Å². The zero-order valence-electron chi connectivity index (χ0n) is 19.7. The van der Waals surface area contributed by atoms with Crippen molar-refractivity contribution in [2.45, 2.75) is 162 Å². The molecule has 0 amide bonds. The number of rotatable bonds is 22. The molecule has 2 nitrogen and oxygen atoms in total. The lowest BCUT2D eigenvalue weighted by atomic mass is 10.0. The first-order valence-corrected chi connectivity index (χ1v) is 12.9. The molecular weight excluding hydrogens is 344 g/mol. The molecule has 1 unspecified atom stereocenters. The molecule has 0 fully saturated rings. The predicted octanol–water partition coefficient (Wildman–Crippen LogP) is 9.15. The Kier molecular flexibility index (Phi) is 22.3. The smallest absolute Gasteiger partial charge is 0.306 e. The van der Waals surface area contributed by atoms with Crippen LogP contribution >= 0.6 is 0 Å². The van der Waals surface area contributed by atoms with Crippen molar-refractivity contribution in [2.75, 3.05) is 0 Å². The SMILES string of the molecule is CCCCCCCCCCCCCCCCCCCC(CC)OC(=O)CCC. The second-order valence-corrected chi connectivity index (χ2v) is 8.72. The van der Waals surface area contributed by atoms with Gasteiger partial charge in [-0.05, 0) is 25.7 Å². The van der Waals surface area contributed by atoms with E-state index in [1.165, 1.54) is 109 Å². The van der Waals surface area contributed by atoms with Gasteiger partial charge in [0.1, 0.15) is 6.10 Å².